The van der Waals surface area contributed by atoms with Crippen molar-refractivity contribution in [1.82, 2.24) is 0 Å². The Morgan fingerprint density at radius 3 is 2.32 bits per heavy atom. The maximum atomic E-state index is 11.1. The molecule has 0 radical (unpaired) electrons. The fraction of sp³-hybridized carbons (Fsp3) is 0.0909. The van der Waals surface area contributed by atoms with E-state index >= 15 is 0 Å². The summed E-state index contributed by atoms with van der Waals surface area (Å²) in [5.74, 6) is -1.02. The first kappa shape index (κ1) is 14.7. The second-order valence-electron chi connectivity index (χ2n) is 3.57. The summed E-state index contributed by atoms with van der Waals surface area (Å²) < 4.78 is 25.5. The van der Waals surface area contributed by atoms with E-state index in [2.05, 4.69) is 9.18 Å². The van der Waals surface area contributed by atoms with Crippen LogP contribution in [0.15, 0.2) is 35.3 Å². The molecule has 0 amide bonds. The number of aliphatic imine (C=N–C) groups is 1. The highest BCUT2D eigenvalue weighted by molar-refractivity contribution is 7.86. The molecule has 1 aromatic rings. The van der Waals surface area contributed by atoms with Crippen LogP contribution in [0.2, 0.25) is 0 Å². The molecule has 0 saturated heterocycles. The Hall–Kier alpha value is -2.35. The smallest absolute Gasteiger partial charge is 0.346 e. The number of guanidine groups is 1. The van der Waals surface area contributed by atoms with E-state index in [9.17, 15) is 13.2 Å². The second kappa shape index (κ2) is 6.01. The SMILES string of the molecule is CS(=O)(=O)OC(=O)/C=C/c1ccc(N=C(N)N)cc1. The maximum absolute atomic E-state index is 11.1. The summed E-state index contributed by atoms with van der Waals surface area (Å²) in [6.07, 6.45) is 3.21. The van der Waals surface area contributed by atoms with Gasteiger partial charge in [-0.25, -0.2) is 9.79 Å². The van der Waals surface area contributed by atoms with Crippen molar-refractivity contribution in [3.63, 3.8) is 0 Å². The normalized spacial score (nSPS) is 11.2. The molecule has 102 valence electrons. The molecule has 7 nitrogen and oxygen atoms in total. The van der Waals surface area contributed by atoms with Crippen LogP contribution in [0, 0.1) is 0 Å². The molecule has 0 atom stereocenters. The van der Waals surface area contributed by atoms with Gasteiger partial charge in [-0.15, -0.1) is 0 Å². The number of nitrogens with zero attached hydrogens (tertiary/aromatic N) is 1. The Kier molecular flexibility index (Phi) is 4.65. The average molecular weight is 283 g/mol. The van der Waals surface area contributed by atoms with Crippen LogP contribution in [0.5, 0.6) is 0 Å². The highest BCUT2D eigenvalue weighted by atomic mass is 32.2. The van der Waals surface area contributed by atoms with Gasteiger partial charge in [-0.3, -0.25) is 0 Å². The molecule has 1 aromatic carbocycles. The van der Waals surface area contributed by atoms with E-state index in [0.29, 0.717) is 11.3 Å². The van der Waals surface area contributed by atoms with Gasteiger partial charge in [0.05, 0.1) is 11.9 Å². The molecule has 1 rings (SSSR count). The summed E-state index contributed by atoms with van der Waals surface area (Å²) in [5.41, 5.74) is 11.7. The van der Waals surface area contributed by atoms with Gasteiger partial charge in [0.2, 0.25) is 0 Å². The van der Waals surface area contributed by atoms with Crippen molar-refractivity contribution in [3.05, 3.63) is 35.9 Å². The number of nitrogens with two attached hydrogens (primary N) is 2. The van der Waals surface area contributed by atoms with Crippen molar-refractivity contribution in [2.24, 2.45) is 16.5 Å². The Balaban J connectivity index is 2.73. The number of rotatable bonds is 4. The molecule has 0 aliphatic carbocycles. The standard InChI is InChI=1S/C11H13N3O4S/c1-19(16,17)18-10(15)7-4-8-2-5-9(6-3-8)14-11(12)13/h2-7H,1H3,(H4,12,13,14)/b7-4+. The van der Waals surface area contributed by atoms with Crippen LogP contribution in [-0.2, 0) is 19.1 Å². The van der Waals surface area contributed by atoms with E-state index in [4.69, 9.17) is 11.5 Å². The monoisotopic (exact) mass is 283 g/mol. The predicted molar refractivity (Wildman–Crippen MR) is 71.9 cm³/mol. The van der Waals surface area contributed by atoms with Crippen molar-refractivity contribution in [1.29, 1.82) is 0 Å². The van der Waals surface area contributed by atoms with Gasteiger partial charge in [0.25, 0.3) is 0 Å². The second-order valence-corrected chi connectivity index (χ2v) is 5.14. The van der Waals surface area contributed by atoms with Crippen molar-refractivity contribution in [3.8, 4) is 0 Å². The molecule has 0 saturated carbocycles. The first-order valence-corrected chi connectivity index (χ1v) is 6.89. The number of hydrogen-bond donors (Lipinski definition) is 2. The quantitative estimate of drug-likeness (QED) is 0.349. The number of benzene rings is 1. The number of carbonyl (C=O) groups is 1. The lowest BCUT2D eigenvalue weighted by molar-refractivity contribution is -0.128. The van der Waals surface area contributed by atoms with Gasteiger partial charge >= 0.3 is 16.1 Å². The van der Waals surface area contributed by atoms with Gasteiger partial charge in [0, 0.05) is 6.08 Å². The van der Waals surface area contributed by atoms with Crippen molar-refractivity contribution >= 4 is 33.8 Å². The van der Waals surface area contributed by atoms with E-state index in [1.807, 2.05) is 0 Å². The van der Waals surface area contributed by atoms with E-state index in [-0.39, 0.29) is 5.96 Å². The Morgan fingerprint density at radius 2 is 1.84 bits per heavy atom. The molecule has 0 heterocycles. The third-order valence-corrected chi connectivity index (χ3v) is 2.26. The molecule has 0 fully saturated rings. The average Bonchev–Trinajstić information content (AvgIpc) is 2.25. The lowest BCUT2D eigenvalue weighted by atomic mass is 10.2. The summed E-state index contributed by atoms with van der Waals surface area (Å²) >= 11 is 0. The van der Waals surface area contributed by atoms with E-state index < -0.39 is 16.1 Å². The summed E-state index contributed by atoms with van der Waals surface area (Å²) in [5, 5.41) is 0. The summed E-state index contributed by atoms with van der Waals surface area (Å²) in [7, 11) is -3.79. The molecule has 0 spiro atoms. The first-order valence-electron chi connectivity index (χ1n) is 5.07. The van der Waals surface area contributed by atoms with Crippen LogP contribution in [0.1, 0.15) is 5.56 Å². The fourth-order valence-corrected chi connectivity index (χ4v) is 1.50. The molecule has 8 heteroatoms. The van der Waals surface area contributed by atoms with Crippen molar-refractivity contribution in [2.75, 3.05) is 6.26 Å². The molecule has 0 aliphatic heterocycles. The topological polar surface area (TPSA) is 125 Å². The third kappa shape index (κ3) is 6.22. The minimum atomic E-state index is -3.79. The van der Waals surface area contributed by atoms with Crippen LogP contribution >= 0.6 is 0 Å². The molecule has 0 unspecified atom stereocenters. The number of hydrogen-bond acceptors (Lipinski definition) is 5. The van der Waals surface area contributed by atoms with Gasteiger partial charge in [0.1, 0.15) is 0 Å². The summed E-state index contributed by atoms with van der Waals surface area (Å²) in [6.45, 7) is 0. The molecule has 0 bridgehead atoms. The molecule has 19 heavy (non-hydrogen) atoms. The molecular weight excluding hydrogens is 270 g/mol. The van der Waals surface area contributed by atoms with Crippen molar-refractivity contribution < 1.29 is 17.4 Å². The number of carbonyl (C=O) groups excluding carboxylic acids is 1. The Morgan fingerprint density at radius 1 is 1.26 bits per heavy atom. The maximum Gasteiger partial charge on any atom is 0.346 e. The van der Waals surface area contributed by atoms with Crippen LogP contribution < -0.4 is 11.5 Å². The zero-order chi connectivity index (χ0) is 14.5. The molecular formula is C11H13N3O4S. The highest BCUT2D eigenvalue weighted by Gasteiger charge is 2.06. The van der Waals surface area contributed by atoms with Crippen LogP contribution in [0.25, 0.3) is 6.08 Å². The van der Waals surface area contributed by atoms with Crippen molar-refractivity contribution in [2.45, 2.75) is 0 Å². The molecule has 0 aliphatic rings. The highest BCUT2D eigenvalue weighted by Crippen LogP contribution is 2.13. The zero-order valence-corrected chi connectivity index (χ0v) is 10.9. The van der Waals surface area contributed by atoms with Crippen LogP contribution in [0.4, 0.5) is 5.69 Å². The fourth-order valence-electron chi connectivity index (χ4n) is 1.15. The lowest BCUT2D eigenvalue weighted by Gasteiger charge is -1.97. The minimum Gasteiger partial charge on any atom is -0.370 e. The van der Waals surface area contributed by atoms with Gasteiger partial charge in [-0.1, -0.05) is 12.1 Å². The van der Waals surface area contributed by atoms with E-state index in [0.717, 1.165) is 12.3 Å². The molecule has 0 aromatic heterocycles. The zero-order valence-electron chi connectivity index (χ0n) is 10.1. The predicted octanol–water partition coefficient (Wildman–Crippen LogP) is 0.108. The van der Waals surface area contributed by atoms with Gasteiger partial charge in [-0.05, 0) is 23.8 Å². The van der Waals surface area contributed by atoms with E-state index in [1.54, 1.807) is 24.3 Å². The van der Waals surface area contributed by atoms with E-state index in [1.165, 1.54) is 6.08 Å². The Bertz CT molecular complexity index is 614. The van der Waals surface area contributed by atoms with Gasteiger partial charge < -0.3 is 15.7 Å². The van der Waals surface area contributed by atoms with Crippen LogP contribution in [0.3, 0.4) is 0 Å². The molecule has 4 N–H and O–H groups in total. The largest absolute Gasteiger partial charge is 0.370 e. The van der Waals surface area contributed by atoms with Gasteiger partial charge in [-0.2, -0.15) is 8.42 Å². The van der Waals surface area contributed by atoms with Crippen LogP contribution in [-0.4, -0.2) is 26.6 Å². The lowest BCUT2D eigenvalue weighted by Crippen LogP contribution is -2.21. The summed E-state index contributed by atoms with van der Waals surface area (Å²) in [4.78, 5) is 14.9. The Labute approximate surface area is 110 Å². The van der Waals surface area contributed by atoms with Gasteiger partial charge in [0.15, 0.2) is 5.96 Å². The summed E-state index contributed by atoms with van der Waals surface area (Å²) in [6, 6.07) is 6.60. The first-order chi connectivity index (χ1) is 8.76. The minimum absolute atomic E-state index is 0.0555. The third-order valence-electron chi connectivity index (χ3n) is 1.80.